The lowest BCUT2D eigenvalue weighted by molar-refractivity contribution is 0.177. The van der Waals surface area contributed by atoms with Gasteiger partial charge >= 0.3 is 0 Å². The van der Waals surface area contributed by atoms with Gasteiger partial charge in [-0.25, -0.2) is 0 Å². The molecule has 0 amide bonds. The zero-order chi connectivity index (χ0) is 14.7. The predicted molar refractivity (Wildman–Crippen MR) is 83.2 cm³/mol. The molecule has 108 valence electrons. The highest BCUT2D eigenvalue weighted by Crippen LogP contribution is 2.37. The standard InChI is InChI=1S/C15H27NO2Si/c1-15(2,3)19(5,6)18-13-9-7-8-12(10-13)14(17)11-16-4/h7-10,14,16-17H,11H2,1-6H3/t14-/m0/s1. The molecule has 0 fully saturated rings. The van der Waals surface area contributed by atoms with E-state index in [1.54, 1.807) is 0 Å². The van der Waals surface area contributed by atoms with Gasteiger partial charge in [0.05, 0.1) is 6.10 Å². The van der Waals surface area contributed by atoms with Gasteiger partial charge in [0.25, 0.3) is 0 Å². The van der Waals surface area contributed by atoms with Crippen LogP contribution in [0.1, 0.15) is 32.4 Å². The second-order valence-corrected chi connectivity index (χ2v) is 11.2. The van der Waals surface area contributed by atoms with Crippen LogP contribution in [0.4, 0.5) is 0 Å². The van der Waals surface area contributed by atoms with Crippen LogP contribution in [0, 0.1) is 0 Å². The van der Waals surface area contributed by atoms with Crippen LogP contribution in [0.25, 0.3) is 0 Å². The molecule has 3 nitrogen and oxygen atoms in total. The summed E-state index contributed by atoms with van der Waals surface area (Å²) in [6.07, 6.45) is -0.493. The third-order valence-corrected chi connectivity index (χ3v) is 8.18. The van der Waals surface area contributed by atoms with Crippen LogP contribution >= 0.6 is 0 Å². The topological polar surface area (TPSA) is 41.5 Å². The maximum atomic E-state index is 10.00. The number of rotatable bonds is 5. The first-order chi connectivity index (χ1) is 8.67. The quantitative estimate of drug-likeness (QED) is 0.814. The van der Waals surface area contributed by atoms with Gasteiger partial charge in [-0.3, -0.25) is 0 Å². The largest absolute Gasteiger partial charge is 0.543 e. The molecule has 0 saturated heterocycles. The summed E-state index contributed by atoms with van der Waals surface area (Å²) < 4.78 is 6.24. The number of aliphatic hydroxyl groups excluding tert-OH is 1. The summed E-state index contributed by atoms with van der Waals surface area (Å²) in [5, 5.41) is 13.1. The molecule has 1 atom stereocenters. The van der Waals surface area contributed by atoms with Gasteiger partial charge in [-0.1, -0.05) is 32.9 Å². The molecule has 0 aromatic heterocycles. The Morgan fingerprint density at radius 3 is 2.47 bits per heavy atom. The van der Waals surface area contributed by atoms with Gasteiger partial charge in [-0.2, -0.15) is 0 Å². The molecule has 1 rings (SSSR count). The fourth-order valence-electron chi connectivity index (χ4n) is 1.54. The minimum atomic E-state index is -1.82. The molecule has 1 aromatic carbocycles. The summed E-state index contributed by atoms with van der Waals surface area (Å²) in [6, 6.07) is 7.79. The maximum absolute atomic E-state index is 10.00. The zero-order valence-electron chi connectivity index (χ0n) is 12.9. The van der Waals surface area contributed by atoms with Crippen molar-refractivity contribution in [2.75, 3.05) is 13.6 Å². The summed E-state index contributed by atoms with van der Waals surface area (Å²) in [5.41, 5.74) is 0.894. The van der Waals surface area contributed by atoms with E-state index < -0.39 is 14.4 Å². The van der Waals surface area contributed by atoms with E-state index in [9.17, 15) is 5.11 Å². The van der Waals surface area contributed by atoms with Crippen molar-refractivity contribution in [2.45, 2.75) is 45.0 Å². The lowest BCUT2D eigenvalue weighted by Gasteiger charge is -2.36. The van der Waals surface area contributed by atoms with Crippen LogP contribution in [0.2, 0.25) is 18.1 Å². The highest BCUT2D eigenvalue weighted by Gasteiger charge is 2.38. The first-order valence-electron chi connectivity index (χ1n) is 6.79. The summed E-state index contributed by atoms with van der Waals surface area (Å²) in [5.74, 6) is 0.860. The molecule has 0 aliphatic heterocycles. The number of likely N-dealkylation sites (N-methyl/N-ethyl adjacent to an activating group) is 1. The summed E-state index contributed by atoms with van der Waals surface area (Å²) in [6.45, 7) is 11.7. The molecular formula is C15H27NO2Si. The van der Waals surface area contributed by atoms with Gasteiger partial charge in [-0.15, -0.1) is 0 Å². The van der Waals surface area contributed by atoms with Crippen LogP contribution in [-0.4, -0.2) is 27.0 Å². The highest BCUT2D eigenvalue weighted by atomic mass is 28.4. The SMILES string of the molecule is CNC[C@H](O)c1cccc(O[Si](C)(C)C(C)(C)C)c1. The van der Waals surface area contributed by atoms with Crippen molar-refractivity contribution < 1.29 is 9.53 Å². The van der Waals surface area contributed by atoms with Crippen LogP contribution < -0.4 is 9.74 Å². The number of benzene rings is 1. The van der Waals surface area contributed by atoms with Gasteiger partial charge in [0, 0.05) is 6.54 Å². The van der Waals surface area contributed by atoms with Crippen molar-refractivity contribution in [1.29, 1.82) is 0 Å². The van der Waals surface area contributed by atoms with Crippen molar-refractivity contribution in [2.24, 2.45) is 0 Å². The van der Waals surface area contributed by atoms with Gasteiger partial charge in [0.2, 0.25) is 8.32 Å². The number of hydrogen-bond donors (Lipinski definition) is 2. The maximum Gasteiger partial charge on any atom is 0.250 e. The second kappa shape index (κ2) is 6.07. The molecule has 0 heterocycles. The molecule has 0 unspecified atom stereocenters. The van der Waals surface area contributed by atoms with Crippen LogP contribution in [-0.2, 0) is 0 Å². The van der Waals surface area contributed by atoms with Gasteiger partial charge in [0.1, 0.15) is 5.75 Å². The van der Waals surface area contributed by atoms with Crippen molar-refractivity contribution >= 4 is 8.32 Å². The van der Waals surface area contributed by atoms with Gasteiger partial charge in [-0.05, 0) is 42.9 Å². The Morgan fingerprint density at radius 2 is 1.95 bits per heavy atom. The molecule has 0 bridgehead atoms. The second-order valence-electron chi connectivity index (χ2n) is 6.51. The predicted octanol–water partition coefficient (Wildman–Crippen LogP) is 3.32. The lowest BCUT2D eigenvalue weighted by atomic mass is 10.1. The van der Waals surface area contributed by atoms with E-state index in [0.29, 0.717) is 6.54 Å². The first-order valence-corrected chi connectivity index (χ1v) is 9.70. The third-order valence-electron chi connectivity index (χ3n) is 3.82. The summed E-state index contributed by atoms with van der Waals surface area (Å²) in [4.78, 5) is 0. The third kappa shape index (κ3) is 4.33. The van der Waals surface area contributed by atoms with Crippen molar-refractivity contribution in [3.63, 3.8) is 0 Å². The minimum absolute atomic E-state index is 0.173. The molecule has 1 aromatic rings. The molecule has 0 aliphatic carbocycles. The zero-order valence-corrected chi connectivity index (χ0v) is 13.9. The Balaban J connectivity index is 2.89. The fraction of sp³-hybridized carbons (Fsp3) is 0.600. The van der Waals surface area contributed by atoms with Crippen molar-refractivity contribution in [1.82, 2.24) is 5.32 Å². The van der Waals surface area contributed by atoms with Crippen LogP contribution in [0.3, 0.4) is 0 Å². The summed E-state index contributed by atoms with van der Waals surface area (Å²) in [7, 11) is 0.0134. The summed E-state index contributed by atoms with van der Waals surface area (Å²) >= 11 is 0. The van der Waals surface area contributed by atoms with Crippen LogP contribution in [0.5, 0.6) is 5.75 Å². The average Bonchev–Trinajstić information content (AvgIpc) is 2.27. The lowest BCUT2D eigenvalue weighted by Crippen LogP contribution is -2.43. The minimum Gasteiger partial charge on any atom is -0.543 e. The molecule has 4 heteroatoms. The molecule has 0 aliphatic rings. The number of hydrogen-bond acceptors (Lipinski definition) is 3. The Morgan fingerprint density at radius 1 is 1.32 bits per heavy atom. The molecule has 0 spiro atoms. The molecule has 19 heavy (non-hydrogen) atoms. The Hall–Kier alpha value is -0.843. The Bertz CT molecular complexity index is 413. The molecule has 0 radical (unpaired) electrons. The van der Waals surface area contributed by atoms with Gasteiger partial charge < -0.3 is 14.8 Å². The van der Waals surface area contributed by atoms with Crippen molar-refractivity contribution in [3.05, 3.63) is 29.8 Å². The van der Waals surface area contributed by atoms with E-state index in [0.717, 1.165) is 11.3 Å². The molecular weight excluding hydrogens is 254 g/mol. The van der Waals surface area contributed by atoms with E-state index in [4.69, 9.17) is 4.43 Å². The highest BCUT2D eigenvalue weighted by molar-refractivity contribution is 6.74. The normalized spacial score (nSPS) is 14.3. The van der Waals surface area contributed by atoms with E-state index in [1.807, 2.05) is 31.3 Å². The Kier molecular flexibility index (Phi) is 5.18. The monoisotopic (exact) mass is 281 g/mol. The van der Waals surface area contributed by atoms with E-state index in [-0.39, 0.29) is 5.04 Å². The molecule has 0 saturated carbocycles. The van der Waals surface area contributed by atoms with Crippen molar-refractivity contribution in [3.8, 4) is 5.75 Å². The van der Waals surface area contributed by atoms with Gasteiger partial charge in [0.15, 0.2) is 0 Å². The van der Waals surface area contributed by atoms with E-state index in [1.165, 1.54) is 0 Å². The average molecular weight is 281 g/mol. The van der Waals surface area contributed by atoms with Crippen LogP contribution in [0.15, 0.2) is 24.3 Å². The molecule has 2 N–H and O–H groups in total. The fourth-order valence-corrected chi connectivity index (χ4v) is 2.57. The first kappa shape index (κ1) is 16.2. The number of nitrogens with one attached hydrogen (secondary N) is 1. The number of aliphatic hydroxyl groups is 1. The van der Waals surface area contributed by atoms with E-state index >= 15 is 0 Å². The smallest absolute Gasteiger partial charge is 0.250 e. The Labute approximate surface area is 118 Å². The van der Waals surface area contributed by atoms with E-state index in [2.05, 4.69) is 39.2 Å².